The van der Waals surface area contributed by atoms with E-state index in [1.807, 2.05) is 13.8 Å². The van der Waals surface area contributed by atoms with E-state index in [4.69, 9.17) is 10.5 Å². The zero-order chi connectivity index (χ0) is 21.1. The number of halogens is 1. The van der Waals surface area contributed by atoms with E-state index in [1.54, 1.807) is 11.0 Å². The van der Waals surface area contributed by atoms with Gasteiger partial charge in [0.05, 0.1) is 12.3 Å². The molecule has 0 spiro atoms. The van der Waals surface area contributed by atoms with Crippen molar-refractivity contribution in [2.45, 2.75) is 38.8 Å². The van der Waals surface area contributed by atoms with Crippen LogP contribution in [0.4, 0.5) is 15.8 Å². The molecule has 0 aromatic heterocycles. The highest BCUT2D eigenvalue weighted by Crippen LogP contribution is 2.30. The summed E-state index contributed by atoms with van der Waals surface area (Å²) in [5, 5.41) is 2.48. The van der Waals surface area contributed by atoms with Crippen molar-refractivity contribution in [3.63, 3.8) is 0 Å². The molecule has 0 radical (unpaired) electrons. The molecule has 1 saturated heterocycles. The second kappa shape index (κ2) is 8.87. The molecule has 3 rings (SSSR count). The van der Waals surface area contributed by atoms with Crippen LogP contribution in [0.15, 0.2) is 18.2 Å². The van der Waals surface area contributed by atoms with Crippen molar-refractivity contribution in [2.75, 3.05) is 36.5 Å². The Kier molecular flexibility index (Phi) is 6.49. The number of hydrogen-bond donors (Lipinski definition) is 2. The number of anilines is 2. The third kappa shape index (κ3) is 5.10. The van der Waals surface area contributed by atoms with Gasteiger partial charge in [-0.2, -0.15) is 0 Å². The monoisotopic (exact) mass is 406 g/mol. The lowest BCUT2D eigenvalue weighted by Crippen LogP contribution is -2.54. The van der Waals surface area contributed by atoms with Gasteiger partial charge in [-0.15, -0.1) is 0 Å². The number of nitrogens with two attached hydrogens (primary N) is 1. The van der Waals surface area contributed by atoms with Gasteiger partial charge in [0.2, 0.25) is 5.91 Å². The van der Waals surface area contributed by atoms with Gasteiger partial charge in [0.1, 0.15) is 12.4 Å². The van der Waals surface area contributed by atoms with Gasteiger partial charge in [-0.25, -0.2) is 4.39 Å². The number of carbonyl (C=O) groups is 3. The molecule has 1 saturated carbocycles. The fraction of sp³-hybridized carbons (Fsp3) is 0.550. The van der Waals surface area contributed by atoms with E-state index in [0.29, 0.717) is 25.4 Å². The van der Waals surface area contributed by atoms with Crippen molar-refractivity contribution in [3.05, 3.63) is 24.0 Å². The second-order valence-electron chi connectivity index (χ2n) is 7.88. The van der Waals surface area contributed by atoms with Crippen LogP contribution in [0.2, 0.25) is 0 Å². The lowest BCUT2D eigenvalue weighted by molar-refractivity contribution is -0.133. The van der Waals surface area contributed by atoms with Gasteiger partial charge in [0.25, 0.3) is 11.8 Å². The number of nitrogens with zero attached hydrogens (tertiary/aromatic N) is 2. The summed E-state index contributed by atoms with van der Waals surface area (Å²) >= 11 is 0. The summed E-state index contributed by atoms with van der Waals surface area (Å²) in [5.41, 5.74) is 5.84. The summed E-state index contributed by atoms with van der Waals surface area (Å²) in [4.78, 5) is 40.0. The van der Waals surface area contributed by atoms with Gasteiger partial charge in [0, 0.05) is 24.8 Å². The molecule has 29 heavy (non-hydrogen) atoms. The average molecular weight is 406 g/mol. The highest BCUT2D eigenvalue weighted by atomic mass is 19.1. The third-order valence-electron chi connectivity index (χ3n) is 4.95. The molecule has 158 valence electrons. The zero-order valence-electron chi connectivity index (χ0n) is 16.7. The zero-order valence-corrected chi connectivity index (χ0v) is 16.7. The van der Waals surface area contributed by atoms with Crippen molar-refractivity contribution < 1.29 is 23.5 Å². The Morgan fingerprint density at radius 2 is 2.10 bits per heavy atom. The Balaban J connectivity index is 1.75. The minimum absolute atomic E-state index is 0.0484. The summed E-state index contributed by atoms with van der Waals surface area (Å²) in [6, 6.07) is 3.09. The maximum atomic E-state index is 14.6. The van der Waals surface area contributed by atoms with E-state index >= 15 is 0 Å². The normalized spacial score (nSPS) is 18.2. The third-order valence-corrected chi connectivity index (χ3v) is 4.95. The summed E-state index contributed by atoms with van der Waals surface area (Å²) in [6.07, 6.45) is 1.81. The van der Waals surface area contributed by atoms with Gasteiger partial charge in [-0.1, -0.05) is 13.8 Å². The Morgan fingerprint density at radius 1 is 1.38 bits per heavy atom. The van der Waals surface area contributed by atoms with Gasteiger partial charge in [-0.05, 0) is 37.0 Å². The van der Waals surface area contributed by atoms with E-state index in [0.717, 1.165) is 12.8 Å². The molecule has 3 N–H and O–H groups in total. The van der Waals surface area contributed by atoms with Crippen LogP contribution >= 0.6 is 0 Å². The molecule has 1 aliphatic heterocycles. The maximum Gasteiger partial charge on any atom is 0.253 e. The van der Waals surface area contributed by atoms with Gasteiger partial charge < -0.3 is 20.7 Å². The molecule has 1 aromatic rings. The first-order valence-corrected chi connectivity index (χ1v) is 9.81. The summed E-state index contributed by atoms with van der Waals surface area (Å²) in [7, 11) is 0. The predicted molar refractivity (Wildman–Crippen MR) is 106 cm³/mol. The van der Waals surface area contributed by atoms with Crippen molar-refractivity contribution in [2.24, 2.45) is 11.7 Å². The van der Waals surface area contributed by atoms with Crippen LogP contribution in [0.25, 0.3) is 0 Å². The molecule has 2 fully saturated rings. The maximum absolute atomic E-state index is 14.6. The van der Waals surface area contributed by atoms with Crippen LogP contribution in [-0.2, 0) is 19.1 Å². The molecule has 0 bridgehead atoms. The Bertz CT molecular complexity index is 797. The lowest BCUT2D eigenvalue weighted by atomic mass is 10.1. The quantitative estimate of drug-likeness (QED) is 0.629. The summed E-state index contributed by atoms with van der Waals surface area (Å²) in [6.45, 7) is 5.20. The van der Waals surface area contributed by atoms with Crippen LogP contribution in [0.3, 0.4) is 0 Å². The van der Waals surface area contributed by atoms with E-state index in [1.165, 1.54) is 17.0 Å². The first kappa shape index (κ1) is 21.2. The van der Waals surface area contributed by atoms with Crippen LogP contribution in [0, 0.1) is 11.7 Å². The number of nitrogens with one attached hydrogen (secondary N) is 1. The van der Waals surface area contributed by atoms with Crippen molar-refractivity contribution >= 4 is 29.1 Å². The number of amides is 3. The molecule has 1 aromatic carbocycles. The van der Waals surface area contributed by atoms with E-state index < -0.39 is 23.7 Å². The van der Waals surface area contributed by atoms with E-state index in [-0.39, 0.29) is 30.2 Å². The molecule has 1 aliphatic carbocycles. The fourth-order valence-corrected chi connectivity index (χ4v) is 3.50. The second-order valence-corrected chi connectivity index (χ2v) is 7.88. The fourth-order valence-electron chi connectivity index (χ4n) is 3.50. The number of benzene rings is 1. The highest BCUT2D eigenvalue weighted by molar-refractivity contribution is 6.09. The number of rotatable bonds is 8. The lowest BCUT2D eigenvalue weighted by Gasteiger charge is -2.30. The number of hydrogen-bond acceptors (Lipinski definition) is 5. The van der Waals surface area contributed by atoms with Crippen molar-refractivity contribution in [1.82, 2.24) is 4.90 Å². The van der Waals surface area contributed by atoms with Crippen LogP contribution in [0.5, 0.6) is 0 Å². The molecule has 1 atom stereocenters. The molecule has 9 heteroatoms. The van der Waals surface area contributed by atoms with Gasteiger partial charge in [0.15, 0.2) is 6.04 Å². The molecular weight excluding hydrogens is 379 g/mol. The van der Waals surface area contributed by atoms with Crippen LogP contribution in [-0.4, -0.2) is 61.0 Å². The minimum atomic E-state index is -1.16. The Labute approximate surface area is 169 Å². The minimum Gasteiger partial charge on any atom is -0.370 e. The Hall–Kier alpha value is -2.52. The summed E-state index contributed by atoms with van der Waals surface area (Å²) in [5.74, 6) is -2.12. The molecular formula is C20H27FN4O4. The SMILES string of the molecule is CC(C)CN(C1CC1)[C@@H](C(N)=O)C(=O)Nc1ccc(N2CCOCC2=O)cc1F. The number of carbonyl (C=O) groups excluding carboxylic acids is 3. The number of primary amides is 1. The average Bonchev–Trinajstić information content (AvgIpc) is 3.48. The van der Waals surface area contributed by atoms with Gasteiger partial charge >= 0.3 is 0 Å². The standard InChI is InChI=1S/C20H27FN4O4/c1-12(2)10-25(13-3-4-13)18(19(22)27)20(28)23-16-6-5-14(9-15(16)21)24-7-8-29-11-17(24)26/h5-6,9,12-13,18H,3-4,7-8,10-11H2,1-2H3,(H2,22,27)(H,23,28)/t18-/m0/s1. The largest absolute Gasteiger partial charge is 0.370 e. The first-order valence-electron chi connectivity index (χ1n) is 9.81. The van der Waals surface area contributed by atoms with E-state index in [9.17, 15) is 18.8 Å². The molecule has 1 heterocycles. The van der Waals surface area contributed by atoms with Crippen LogP contribution < -0.4 is 16.0 Å². The number of ether oxygens (including phenoxy) is 1. The van der Waals surface area contributed by atoms with Gasteiger partial charge in [-0.3, -0.25) is 19.3 Å². The topological polar surface area (TPSA) is 105 Å². The predicted octanol–water partition coefficient (Wildman–Crippen LogP) is 1.10. The molecule has 8 nitrogen and oxygen atoms in total. The molecule has 2 aliphatic rings. The number of morpholine rings is 1. The smallest absolute Gasteiger partial charge is 0.253 e. The van der Waals surface area contributed by atoms with E-state index in [2.05, 4.69) is 5.32 Å². The van der Waals surface area contributed by atoms with Crippen molar-refractivity contribution in [3.8, 4) is 0 Å². The molecule has 3 amide bonds. The van der Waals surface area contributed by atoms with Crippen molar-refractivity contribution in [1.29, 1.82) is 0 Å². The summed E-state index contributed by atoms with van der Waals surface area (Å²) < 4.78 is 19.7. The molecule has 0 unspecified atom stereocenters. The first-order chi connectivity index (χ1) is 13.8. The Morgan fingerprint density at radius 3 is 2.66 bits per heavy atom. The van der Waals surface area contributed by atoms with Crippen LogP contribution in [0.1, 0.15) is 26.7 Å². The highest BCUT2D eigenvalue weighted by Gasteiger charge is 2.40.